The molecule has 19 heavy (non-hydrogen) atoms. The number of imidazole rings is 1. The number of hydrogen-bond acceptors (Lipinski definition) is 3. The van der Waals surface area contributed by atoms with Crippen molar-refractivity contribution in [3.63, 3.8) is 0 Å². The molecule has 2 atom stereocenters. The summed E-state index contributed by atoms with van der Waals surface area (Å²) >= 11 is 0. The van der Waals surface area contributed by atoms with Gasteiger partial charge in [-0.05, 0) is 19.4 Å². The van der Waals surface area contributed by atoms with Gasteiger partial charge in [-0.1, -0.05) is 24.3 Å². The van der Waals surface area contributed by atoms with Crippen LogP contribution in [0.25, 0.3) is 11.3 Å². The average molecular weight is 253 g/mol. The van der Waals surface area contributed by atoms with Gasteiger partial charge < -0.3 is 9.67 Å². The molecule has 2 heterocycles. The number of rotatable bonds is 2. The van der Waals surface area contributed by atoms with Crippen LogP contribution in [0.15, 0.2) is 36.8 Å². The number of aliphatic hydroxyl groups excluding tert-OH is 1. The number of nitriles is 1. The Labute approximate surface area is 111 Å². The molecule has 1 aliphatic rings. The van der Waals surface area contributed by atoms with Crippen LogP contribution in [0.5, 0.6) is 0 Å². The molecule has 4 nitrogen and oxygen atoms in total. The van der Waals surface area contributed by atoms with Crippen molar-refractivity contribution in [1.82, 2.24) is 9.55 Å². The zero-order valence-electron chi connectivity index (χ0n) is 10.9. The molecule has 0 spiro atoms. The molecular weight excluding hydrogens is 238 g/mol. The summed E-state index contributed by atoms with van der Waals surface area (Å²) in [6.07, 6.45) is 2.73. The van der Waals surface area contributed by atoms with Crippen LogP contribution in [0, 0.1) is 16.7 Å². The normalized spacial score (nSPS) is 18.5. The molecule has 2 unspecified atom stereocenters. The lowest BCUT2D eigenvalue weighted by molar-refractivity contribution is 0.0530. The van der Waals surface area contributed by atoms with Crippen LogP contribution in [0.4, 0.5) is 0 Å². The molecule has 3 rings (SSSR count). The summed E-state index contributed by atoms with van der Waals surface area (Å²) < 4.78 is 1.95. The Balaban J connectivity index is 2.16. The third-order valence-electron chi connectivity index (χ3n) is 3.85. The van der Waals surface area contributed by atoms with Crippen LogP contribution < -0.4 is 0 Å². The van der Waals surface area contributed by atoms with E-state index in [0.717, 1.165) is 16.8 Å². The second-order valence-electron chi connectivity index (χ2n) is 5.50. The van der Waals surface area contributed by atoms with Gasteiger partial charge in [0.2, 0.25) is 0 Å². The molecule has 0 saturated heterocycles. The van der Waals surface area contributed by atoms with Crippen molar-refractivity contribution in [2.24, 2.45) is 5.41 Å². The summed E-state index contributed by atoms with van der Waals surface area (Å²) in [5.41, 5.74) is 2.31. The molecule has 0 bridgehead atoms. The smallest absolute Gasteiger partial charge is 0.0970 e. The molecule has 0 radical (unpaired) electrons. The second kappa shape index (κ2) is 3.94. The number of aliphatic hydroxyl groups is 1. The van der Waals surface area contributed by atoms with Crippen molar-refractivity contribution in [1.29, 1.82) is 5.26 Å². The number of aromatic nitrogens is 2. The molecule has 1 aromatic carbocycles. The number of nitrogens with zero attached hydrogens (tertiary/aromatic N) is 3. The van der Waals surface area contributed by atoms with Gasteiger partial charge in [0.1, 0.15) is 0 Å². The van der Waals surface area contributed by atoms with Crippen molar-refractivity contribution in [2.75, 3.05) is 0 Å². The van der Waals surface area contributed by atoms with Crippen LogP contribution >= 0.6 is 0 Å². The van der Waals surface area contributed by atoms with Gasteiger partial charge in [0, 0.05) is 5.56 Å². The van der Waals surface area contributed by atoms with Crippen LogP contribution in [0.1, 0.15) is 25.5 Å². The van der Waals surface area contributed by atoms with E-state index in [-0.39, 0.29) is 6.04 Å². The average Bonchev–Trinajstić information content (AvgIpc) is 2.98. The van der Waals surface area contributed by atoms with Gasteiger partial charge >= 0.3 is 0 Å². The zero-order valence-corrected chi connectivity index (χ0v) is 10.9. The minimum absolute atomic E-state index is 0.247. The molecule has 4 heteroatoms. The predicted molar refractivity (Wildman–Crippen MR) is 71.2 cm³/mol. The lowest BCUT2D eigenvalue weighted by Crippen LogP contribution is -2.35. The highest BCUT2D eigenvalue weighted by Crippen LogP contribution is 2.44. The fourth-order valence-corrected chi connectivity index (χ4v) is 2.66. The first kappa shape index (κ1) is 11.9. The molecule has 2 aromatic rings. The number of benzene rings is 1. The minimum Gasteiger partial charge on any atom is -0.389 e. The summed E-state index contributed by atoms with van der Waals surface area (Å²) in [5, 5.41) is 19.9. The molecule has 0 saturated carbocycles. The van der Waals surface area contributed by atoms with Crippen LogP contribution in [-0.2, 0) is 0 Å². The largest absolute Gasteiger partial charge is 0.389 e. The summed E-state index contributed by atoms with van der Waals surface area (Å²) in [4.78, 5) is 4.15. The highest BCUT2D eigenvalue weighted by Gasteiger charge is 2.41. The molecule has 0 aliphatic carbocycles. The lowest BCUT2D eigenvalue weighted by atomic mass is 9.81. The Morgan fingerprint density at radius 3 is 2.89 bits per heavy atom. The molecule has 1 N–H and O–H groups in total. The van der Waals surface area contributed by atoms with E-state index in [2.05, 4.69) is 11.1 Å². The minimum atomic E-state index is -0.816. The van der Waals surface area contributed by atoms with Crippen molar-refractivity contribution in [3.05, 3.63) is 42.4 Å². The van der Waals surface area contributed by atoms with Crippen LogP contribution in [-0.4, -0.2) is 20.8 Å². The Morgan fingerprint density at radius 1 is 1.42 bits per heavy atom. The van der Waals surface area contributed by atoms with Gasteiger partial charge in [0.25, 0.3) is 0 Å². The van der Waals surface area contributed by atoms with E-state index in [4.69, 9.17) is 0 Å². The molecule has 0 fully saturated rings. The van der Waals surface area contributed by atoms with E-state index in [1.165, 1.54) is 0 Å². The van der Waals surface area contributed by atoms with Crippen LogP contribution in [0.2, 0.25) is 0 Å². The van der Waals surface area contributed by atoms with Crippen molar-refractivity contribution >= 4 is 0 Å². The Bertz CT molecular complexity index is 666. The van der Waals surface area contributed by atoms with Crippen molar-refractivity contribution in [2.45, 2.75) is 26.0 Å². The maximum absolute atomic E-state index is 10.6. The summed E-state index contributed by atoms with van der Waals surface area (Å²) in [5.74, 6) is 0. The van der Waals surface area contributed by atoms with E-state index in [0.29, 0.717) is 0 Å². The fraction of sp³-hybridized carbons (Fsp3) is 0.333. The third kappa shape index (κ3) is 1.59. The summed E-state index contributed by atoms with van der Waals surface area (Å²) in [7, 11) is 0. The molecule has 96 valence electrons. The van der Waals surface area contributed by atoms with E-state index in [9.17, 15) is 10.4 Å². The Morgan fingerprint density at radius 2 is 2.16 bits per heavy atom. The zero-order chi connectivity index (χ0) is 13.6. The number of fused-ring (bicyclic) bond motifs is 3. The standard InChI is InChI=1S/C15H15N3O/c1-15(2,8-16)14(19)13-11-6-4-3-5-10(11)12-7-17-9-18(12)13/h3-7,9,13-14,19H,1-2H3. The van der Waals surface area contributed by atoms with Gasteiger partial charge in [0.15, 0.2) is 0 Å². The highest BCUT2D eigenvalue weighted by molar-refractivity contribution is 5.69. The van der Waals surface area contributed by atoms with E-state index in [1.54, 1.807) is 26.4 Å². The van der Waals surface area contributed by atoms with Crippen molar-refractivity contribution in [3.8, 4) is 17.3 Å². The van der Waals surface area contributed by atoms with E-state index in [1.807, 2.05) is 28.8 Å². The number of hydrogen-bond donors (Lipinski definition) is 1. The summed E-state index contributed by atoms with van der Waals surface area (Å²) in [6.45, 7) is 3.52. The quantitative estimate of drug-likeness (QED) is 0.893. The monoisotopic (exact) mass is 253 g/mol. The maximum Gasteiger partial charge on any atom is 0.0970 e. The van der Waals surface area contributed by atoms with E-state index < -0.39 is 11.5 Å². The van der Waals surface area contributed by atoms with Gasteiger partial charge in [-0.25, -0.2) is 4.98 Å². The predicted octanol–water partition coefficient (Wildman–Crippen LogP) is 2.36. The Hall–Kier alpha value is -2.12. The van der Waals surface area contributed by atoms with E-state index >= 15 is 0 Å². The topological polar surface area (TPSA) is 61.8 Å². The Kier molecular flexibility index (Phi) is 2.48. The molecule has 1 aromatic heterocycles. The summed E-state index contributed by atoms with van der Waals surface area (Å²) in [6, 6.07) is 9.90. The first-order valence-corrected chi connectivity index (χ1v) is 6.26. The van der Waals surface area contributed by atoms with Gasteiger partial charge in [0.05, 0.1) is 41.8 Å². The van der Waals surface area contributed by atoms with Gasteiger partial charge in [-0.2, -0.15) is 5.26 Å². The fourth-order valence-electron chi connectivity index (χ4n) is 2.66. The van der Waals surface area contributed by atoms with Crippen molar-refractivity contribution < 1.29 is 5.11 Å². The first-order chi connectivity index (χ1) is 9.06. The van der Waals surface area contributed by atoms with Crippen LogP contribution in [0.3, 0.4) is 0 Å². The molecule has 0 amide bonds. The first-order valence-electron chi connectivity index (χ1n) is 6.26. The maximum atomic E-state index is 10.6. The van der Waals surface area contributed by atoms with Gasteiger partial charge in [-0.3, -0.25) is 0 Å². The second-order valence-corrected chi connectivity index (χ2v) is 5.50. The lowest BCUT2D eigenvalue weighted by Gasteiger charge is -2.30. The SMILES string of the molecule is CC(C)(C#N)C(O)C1c2ccccc2-c2cncn21. The highest BCUT2D eigenvalue weighted by atomic mass is 16.3. The molecular formula is C15H15N3O. The third-order valence-corrected chi connectivity index (χ3v) is 3.85. The molecule has 1 aliphatic heterocycles. The van der Waals surface area contributed by atoms with Gasteiger partial charge in [-0.15, -0.1) is 0 Å².